The van der Waals surface area contributed by atoms with Gasteiger partial charge in [-0.3, -0.25) is 4.79 Å². The van der Waals surface area contributed by atoms with Gasteiger partial charge in [0, 0.05) is 25.9 Å². The number of halogens is 2. The van der Waals surface area contributed by atoms with Crippen LogP contribution in [0.3, 0.4) is 0 Å². The number of benzene rings is 1. The molecule has 2 heterocycles. The topological polar surface area (TPSA) is 69.0 Å². The molecule has 0 bridgehead atoms. The van der Waals surface area contributed by atoms with Gasteiger partial charge in [-0.05, 0) is 25.0 Å². The molecule has 1 aromatic carbocycles. The molecule has 0 fully saturated rings. The molecular formula is C18H22Cl2N4O2. The van der Waals surface area contributed by atoms with Crippen LogP contribution in [0.25, 0.3) is 0 Å². The molecule has 1 aromatic heterocycles. The van der Waals surface area contributed by atoms with Gasteiger partial charge in [-0.15, -0.1) is 10.2 Å². The van der Waals surface area contributed by atoms with Gasteiger partial charge in [0.25, 0.3) is 0 Å². The van der Waals surface area contributed by atoms with Gasteiger partial charge >= 0.3 is 0 Å². The van der Waals surface area contributed by atoms with Crippen LogP contribution in [0.5, 0.6) is 5.75 Å². The highest BCUT2D eigenvalue weighted by atomic mass is 35.5. The summed E-state index contributed by atoms with van der Waals surface area (Å²) in [6, 6.07) is 5.17. The summed E-state index contributed by atoms with van der Waals surface area (Å²) < 4.78 is 7.72. The van der Waals surface area contributed by atoms with Crippen LogP contribution in [0.15, 0.2) is 18.2 Å². The maximum Gasteiger partial charge on any atom is 0.223 e. The first-order chi connectivity index (χ1) is 12.6. The van der Waals surface area contributed by atoms with Crippen LogP contribution in [0.4, 0.5) is 0 Å². The fourth-order valence-corrected chi connectivity index (χ4v) is 3.33. The quantitative estimate of drug-likeness (QED) is 0.777. The number of carbonyl (C=O) groups excluding carboxylic acids is 1. The number of ether oxygens (including phenoxy) is 1. The number of carbonyl (C=O) groups is 1. The fraction of sp³-hybridized carbons (Fsp3) is 0.500. The minimum Gasteiger partial charge on any atom is -0.491 e. The molecule has 0 spiro atoms. The Labute approximate surface area is 162 Å². The molecule has 1 N–H and O–H groups in total. The molecule has 3 rings (SSSR count). The van der Waals surface area contributed by atoms with E-state index < -0.39 is 0 Å². The molecule has 0 atom stereocenters. The lowest BCUT2D eigenvalue weighted by molar-refractivity contribution is -0.121. The van der Waals surface area contributed by atoms with Crippen molar-refractivity contribution in [1.29, 1.82) is 0 Å². The zero-order chi connectivity index (χ0) is 18.4. The molecule has 1 amide bonds. The lowest BCUT2D eigenvalue weighted by atomic mass is 10.2. The van der Waals surface area contributed by atoms with Gasteiger partial charge in [-0.2, -0.15) is 0 Å². The maximum absolute atomic E-state index is 12.0. The van der Waals surface area contributed by atoms with Crippen molar-refractivity contribution in [3.8, 4) is 5.75 Å². The molecule has 0 radical (unpaired) electrons. The maximum atomic E-state index is 12.0. The number of aryl methyl sites for hydroxylation is 1. The summed E-state index contributed by atoms with van der Waals surface area (Å²) in [4.78, 5) is 12.0. The lowest BCUT2D eigenvalue weighted by Gasteiger charge is -2.10. The van der Waals surface area contributed by atoms with Crippen molar-refractivity contribution in [2.24, 2.45) is 0 Å². The summed E-state index contributed by atoms with van der Waals surface area (Å²) in [6.45, 7) is 1.75. The lowest BCUT2D eigenvalue weighted by Crippen LogP contribution is -2.27. The molecule has 0 saturated heterocycles. The summed E-state index contributed by atoms with van der Waals surface area (Å²) in [5, 5.41) is 12.2. The van der Waals surface area contributed by atoms with Crippen LogP contribution in [-0.4, -0.2) is 33.8 Å². The number of rotatable bonds is 7. The Morgan fingerprint density at radius 2 is 2.12 bits per heavy atom. The number of hydrogen-bond acceptors (Lipinski definition) is 4. The monoisotopic (exact) mass is 396 g/mol. The average molecular weight is 397 g/mol. The van der Waals surface area contributed by atoms with Crippen molar-refractivity contribution in [2.75, 3.05) is 13.2 Å². The molecule has 0 aliphatic carbocycles. The van der Waals surface area contributed by atoms with Gasteiger partial charge in [0.15, 0.2) is 0 Å². The van der Waals surface area contributed by atoms with E-state index in [1.165, 1.54) is 12.8 Å². The summed E-state index contributed by atoms with van der Waals surface area (Å²) in [5.74, 6) is 2.43. The van der Waals surface area contributed by atoms with Crippen LogP contribution in [0.2, 0.25) is 10.0 Å². The third kappa shape index (κ3) is 4.89. The largest absolute Gasteiger partial charge is 0.491 e. The van der Waals surface area contributed by atoms with Crippen molar-refractivity contribution in [3.63, 3.8) is 0 Å². The Morgan fingerprint density at radius 3 is 3.00 bits per heavy atom. The fourth-order valence-electron chi connectivity index (χ4n) is 2.98. The van der Waals surface area contributed by atoms with Crippen molar-refractivity contribution in [2.45, 2.75) is 45.1 Å². The van der Waals surface area contributed by atoms with Crippen molar-refractivity contribution in [3.05, 3.63) is 39.9 Å². The second-order valence-electron chi connectivity index (χ2n) is 6.25. The van der Waals surface area contributed by atoms with Gasteiger partial charge in [-0.25, -0.2) is 0 Å². The molecule has 140 valence electrons. The summed E-state index contributed by atoms with van der Waals surface area (Å²) in [6.07, 6.45) is 5.48. The molecule has 0 unspecified atom stereocenters. The van der Waals surface area contributed by atoms with Gasteiger partial charge in [0.1, 0.15) is 22.4 Å². The average Bonchev–Trinajstić information content (AvgIpc) is 2.86. The van der Waals surface area contributed by atoms with Gasteiger partial charge in [-0.1, -0.05) is 35.7 Å². The minimum absolute atomic E-state index is 0.0706. The van der Waals surface area contributed by atoms with E-state index in [1.807, 2.05) is 0 Å². The number of nitrogens with one attached hydrogen (secondary N) is 1. The minimum atomic E-state index is -0.0706. The van der Waals surface area contributed by atoms with Gasteiger partial charge in [0.2, 0.25) is 5.91 Å². The smallest absolute Gasteiger partial charge is 0.223 e. The molecule has 8 heteroatoms. The predicted octanol–water partition coefficient (Wildman–Crippen LogP) is 3.44. The van der Waals surface area contributed by atoms with E-state index in [0.29, 0.717) is 28.8 Å². The van der Waals surface area contributed by atoms with Crippen molar-refractivity contribution < 1.29 is 9.53 Å². The molecular weight excluding hydrogens is 375 g/mol. The molecule has 0 saturated carbocycles. The zero-order valence-corrected chi connectivity index (χ0v) is 16.0. The Bertz CT molecular complexity index is 764. The van der Waals surface area contributed by atoms with Crippen LogP contribution >= 0.6 is 23.2 Å². The van der Waals surface area contributed by atoms with Crippen LogP contribution in [0, 0.1) is 0 Å². The molecule has 26 heavy (non-hydrogen) atoms. The van der Waals surface area contributed by atoms with Crippen molar-refractivity contribution in [1.82, 2.24) is 20.1 Å². The number of hydrogen-bond donors (Lipinski definition) is 1. The predicted molar refractivity (Wildman–Crippen MR) is 101 cm³/mol. The number of amides is 1. The Morgan fingerprint density at radius 1 is 1.23 bits per heavy atom. The number of fused-ring (bicyclic) bond motifs is 1. The van der Waals surface area contributed by atoms with Gasteiger partial charge in [0.05, 0.1) is 18.1 Å². The summed E-state index contributed by atoms with van der Waals surface area (Å²) in [5.41, 5.74) is 0. The van der Waals surface area contributed by atoms with Crippen LogP contribution in [-0.2, 0) is 24.2 Å². The highest BCUT2D eigenvalue weighted by molar-refractivity contribution is 6.42. The third-order valence-electron chi connectivity index (χ3n) is 4.36. The van der Waals surface area contributed by atoms with E-state index in [2.05, 4.69) is 20.1 Å². The SMILES string of the molecule is O=C(CCOc1cccc(Cl)c1Cl)NCCc1nnc2n1CCCCC2. The molecule has 1 aliphatic heterocycles. The van der Waals surface area contributed by atoms with E-state index in [-0.39, 0.29) is 18.9 Å². The Balaban J connectivity index is 1.39. The van der Waals surface area contributed by atoms with E-state index >= 15 is 0 Å². The Kier molecular flexibility index (Phi) is 6.74. The summed E-state index contributed by atoms with van der Waals surface area (Å²) in [7, 11) is 0. The highest BCUT2D eigenvalue weighted by Crippen LogP contribution is 2.31. The Hall–Kier alpha value is -1.79. The van der Waals surface area contributed by atoms with Gasteiger partial charge < -0.3 is 14.6 Å². The standard InChI is InChI=1S/C18H22Cl2N4O2/c19-13-5-4-6-14(18(13)20)26-12-9-17(25)21-10-8-16-23-22-15-7-2-1-3-11-24(15)16/h4-6H,1-3,7-12H2,(H,21,25). The van der Waals surface area contributed by atoms with Crippen LogP contribution < -0.4 is 10.1 Å². The normalized spacial score (nSPS) is 13.8. The number of aromatic nitrogens is 3. The van der Waals surface area contributed by atoms with E-state index in [1.54, 1.807) is 18.2 Å². The van der Waals surface area contributed by atoms with E-state index in [4.69, 9.17) is 27.9 Å². The number of nitrogens with zero attached hydrogens (tertiary/aromatic N) is 3. The first-order valence-corrected chi connectivity index (χ1v) is 9.65. The van der Waals surface area contributed by atoms with E-state index in [0.717, 1.165) is 31.0 Å². The molecule has 6 nitrogen and oxygen atoms in total. The highest BCUT2D eigenvalue weighted by Gasteiger charge is 2.14. The zero-order valence-electron chi connectivity index (χ0n) is 14.5. The first-order valence-electron chi connectivity index (χ1n) is 8.89. The molecule has 1 aliphatic rings. The second kappa shape index (κ2) is 9.24. The van der Waals surface area contributed by atoms with Crippen LogP contribution in [0.1, 0.15) is 37.3 Å². The second-order valence-corrected chi connectivity index (χ2v) is 7.03. The van der Waals surface area contributed by atoms with Crippen molar-refractivity contribution >= 4 is 29.1 Å². The molecule has 2 aromatic rings. The summed E-state index contributed by atoms with van der Waals surface area (Å²) >= 11 is 12.0. The first kappa shape index (κ1) is 19.0. The van der Waals surface area contributed by atoms with E-state index in [9.17, 15) is 4.79 Å². The third-order valence-corrected chi connectivity index (χ3v) is 5.16.